The fourth-order valence-electron chi connectivity index (χ4n) is 3.49. The van der Waals surface area contributed by atoms with E-state index < -0.39 is 0 Å². The van der Waals surface area contributed by atoms with E-state index in [4.69, 9.17) is 11.6 Å². The molecule has 0 unspecified atom stereocenters. The second-order valence-corrected chi connectivity index (χ2v) is 7.22. The Hall–Kier alpha value is -3.38. The molecule has 28 heavy (non-hydrogen) atoms. The molecule has 0 bridgehead atoms. The minimum atomic E-state index is -0.0504. The highest BCUT2D eigenvalue weighted by Gasteiger charge is 2.13. The molecule has 0 atom stereocenters. The van der Waals surface area contributed by atoms with E-state index >= 15 is 0 Å². The Bertz CT molecular complexity index is 1380. The standard InChI is InChI=1S/C21H16ClN5O/c1-26-12-17(16-6-7-23-20(16)21(26)28)14-8-19-18(24-9-14)10-25-27(19)11-13-2-4-15(22)5-3-13/h2-10,12,23H,11H2,1H3. The summed E-state index contributed by atoms with van der Waals surface area (Å²) >= 11 is 5.98. The quantitative estimate of drug-likeness (QED) is 0.507. The molecule has 0 radical (unpaired) electrons. The van der Waals surface area contributed by atoms with Gasteiger partial charge in [-0.1, -0.05) is 23.7 Å². The van der Waals surface area contributed by atoms with E-state index in [1.165, 1.54) is 0 Å². The Morgan fingerprint density at radius 1 is 1.14 bits per heavy atom. The van der Waals surface area contributed by atoms with Gasteiger partial charge in [-0.2, -0.15) is 5.10 Å². The van der Waals surface area contributed by atoms with Crippen LogP contribution in [-0.4, -0.2) is 24.3 Å². The zero-order valence-corrected chi connectivity index (χ0v) is 15.8. The van der Waals surface area contributed by atoms with Crippen molar-refractivity contribution in [3.63, 3.8) is 0 Å². The maximum absolute atomic E-state index is 12.3. The molecule has 4 aromatic heterocycles. The van der Waals surface area contributed by atoms with E-state index in [1.807, 2.05) is 47.4 Å². The van der Waals surface area contributed by atoms with Crippen LogP contribution < -0.4 is 5.56 Å². The van der Waals surface area contributed by atoms with Crippen LogP contribution in [0.1, 0.15) is 5.56 Å². The molecule has 0 amide bonds. The van der Waals surface area contributed by atoms with Gasteiger partial charge in [-0.3, -0.25) is 14.5 Å². The van der Waals surface area contributed by atoms with Crippen LogP contribution in [0.2, 0.25) is 5.02 Å². The number of H-pyrrole nitrogens is 1. The summed E-state index contributed by atoms with van der Waals surface area (Å²) in [5, 5.41) is 6.09. The minimum Gasteiger partial charge on any atom is -0.357 e. The van der Waals surface area contributed by atoms with Crippen molar-refractivity contribution in [2.45, 2.75) is 6.54 Å². The fraction of sp³-hybridized carbons (Fsp3) is 0.0952. The van der Waals surface area contributed by atoms with Gasteiger partial charge in [-0.05, 0) is 29.8 Å². The second-order valence-electron chi connectivity index (χ2n) is 6.78. The average molecular weight is 390 g/mol. The highest BCUT2D eigenvalue weighted by molar-refractivity contribution is 6.30. The lowest BCUT2D eigenvalue weighted by atomic mass is 10.1. The number of aryl methyl sites for hydroxylation is 1. The monoisotopic (exact) mass is 389 g/mol. The van der Waals surface area contributed by atoms with Crippen molar-refractivity contribution in [2.24, 2.45) is 7.05 Å². The third-order valence-electron chi connectivity index (χ3n) is 4.95. The lowest BCUT2D eigenvalue weighted by molar-refractivity contribution is 0.712. The maximum Gasteiger partial charge on any atom is 0.274 e. The van der Waals surface area contributed by atoms with Gasteiger partial charge in [0.15, 0.2) is 0 Å². The van der Waals surface area contributed by atoms with Gasteiger partial charge in [0.05, 0.1) is 18.3 Å². The molecular formula is C21H16ClN5O. The summed E-state index contributed by atoms with van der Waals surface area (Å²) in [7, 11) is 1.75. The lowest BCUT2D eigenvalue weighted by Gasteiger charge is -2.08. The number of aromatic nitrogens is 5. The molecular weight excluding hydrogens is 374 g/mol. The SMILES string of the molecule is Cn1cc(-c2cnc3cnn(Cc4ccc(Cl)cc4)c3c2)c2cc[nH]c2c1=O. The molecule has 0 saturated heterocycles. The highest BCUT2D eigenvalue weighted by Crippen LogP contribution is 2.28. The van der Waals surface area contributed by atoms with Gasteiger partial charge in [0, 0.05) is 47.2 Å². The molecule has 138 valence electrons. The number of fused-ring (bicyclic) bond motifs is 2. The van der Waals surface area contributed by atoms with Crippen molar-refractivity contribution in [3.8, 4) is 11.1 Å². The lowest BCUT2D eigenvalue weighted by Crippen LogP contribution is -2.16. The van der Waals surface area contributed by atoms with Crippen LogP contribution in [0.15, 0.2) is 66.0 Å². The first kappa shape index (κ1) is 16.8. The number of rotatable bonds is 3. The molecule has 5 aromatic rings. The summed E-state index contributed by atoms with van der Waals surface area (Å²) in [6.45, 7) is 0.624. The van der Waals surface area contributed by atoms with E-state index in [2.05, 4.69) is 21.1 Å². The van der Waals surface area contributed by atoms with Crippen LogP contribution in [-0.2, 0) is 13.6 Å². The molecule has 5 rings (SSSR count). The first-order chi connectivity index (χ1) is 13.6. The Morgan fingerprint density at radius 2 is 1.96 bits per heavy atom. The fourth-order valence-corrected chi connectivity index (χ4v) is 3.62. The first-order valence-electron chi connectivity index (χ1n) is 8.83. The number of nitrogens with zero attached hydrogens (tertiary/aromatic N) is 4. The second kappa shape index (κ2) is 6.35. The topological polar surface area (TPSA) is 68.5 Å². The van der Waals surface area contributed by atoms with Crippen molar-refractivity contribution in [1.29, 1.82) is 0 Å². The maximum atomic E-state index is 12.3. The Morgan fingerprint density at radius 3 is 2.79 bits per heavy atom. The Balaban J connectivity index is 1.64. The third-order valence-corrected chi connectivity index (χ3v) is 5.20. The predicted molar refractivity (Wildman–Crippen MR) is 111 cm³/mol. The molecule has 4 heterocycles. The normalized spacial score (nSPS) is 11.5. The molecule has 7 heteroatoms. The van der Waals surface area contributed by atoms with Crippen molar-refractivity contribution in [3.05, 3.63) is 82.1 Å². The number of aromatic amines is 1. The van der Waals surface area contributed by atoms with Crippen molar-refractivity contribution in [1.82, 2.24) is 24.3 Å². The van der Waals surface area contributed by atoms with Gasteiger partial charge in [0.25, 0.3) is 5.56 Å². The summed E-state index contributed by atoms with van der Waals surface area (Å²) in [4.78, 5) is 19.9. The average Bonchev–Trinajstić information content (AvgIpc) is 3.34. The van der Waals surface area contributed by atoms with Crippen LogP contribution in [0.3, 0.4) is 0 Å². The Kier molecular flexibility index (Phi) is 3.80. The molecule has 0 aliphatic rings. The molecule has 1 aromatic carbocycles. The van der Waals surface area contributed by atoms with Crippen molar-refractivity contribution >= 4 is 33.5 Å². The summed E-state index contributed by atoms with van der Waals surface area (Å²) in [5.74, 6) is 0. The molecule has 0 spiro atoms. The first-order valence-corrected chi connectivity index (χ1v) is 9.21. The van der Waals surface area contributed by atoms with Crippen LogP contribution in [0.4, 0.5) is 0 Å². The summed E-state index contributed by atoms with van der Waals surface area (Å²) in [6.07, 6.45) is 7.22. The number of hydrogen-bond donors (Lipinski definition) is 1. The predicted octanol–water partition coefficient (Wildman–Crippen LogP) is 3.98. The number of benzene rings is 1. The van der Waals surface area contributed by atoms with Gasteiger partial charge in [0.1, 0.15) is 11.0 Å². The number of pyridine rings is 2. The summed E-state index contributed by atoms with van der Waals surface area (Å²) < 4.78 is 3.51. The van der Waals surface area contributed by atoms with E-state index in [1.54, 1.807) is 24.0 Å². The van der Waals surface area contributed by atoms with E-state index in [0.29, 0.717) is 17.1 Å². The van der Waals surface area contributed by atoms with Crippen molar-refractivity contribution in [2.75, 3.05) is 0 Å². The number of nitrogens with one attached hydrogen (secondary N) is 1. The molecule has 0 saturated carbocycles. The number of hydrogen-bond acceptors (Lipinski definition) is 3. The van der Waals surface area contributed by atoms with E-state index in [-0.39, 0.29) is 5.56 Å². The molecule has 0 aliphatic carbocycles. The van der Waals surface area contributed by atoms with Gasteiger partial charge < -0.3 is 9.55 Å². The van der Waals surface area contributed by atoms with Gasteiger partial charge >= 0.3 is 0 Å². The van der Waals surface area contributed by atoms with Crippen LogP contribution in [0, 0.1) is 0 Å². The van der Waals surface area contributed by atoms with Crippen LogP contribution in [0.25, 0.3) is 33.1 Å². The van der Waals surface area contributed by atoms with Crippen molar-refractivity contribution < 1.29 is 0 Å². The molecule has 6 nitrogen and oxygen atoms in total. The van der Waals surface area contributed by atoms with E-state index in [0.717, 1.165) is 33.1 Å². The summed E-state index contributed by atoms with van der Waals surface area (Å²) in [5.41, 5.74) is 5.30. The van der Waals surface area contributed by atoms with Crippen LogP contribution in [0.5, 0.6) is 0 Å². The van der Waals surface area contributed by atoms with Crippen LogP contribution >= 0.6 is 11.6 Å². The molecule has 0 aliphatic heterocycles. The molecule has 1 N–H and O–H groups in total. The third kappa shape index (κ3) is 2.70. The van der Waals surface area contributed by atoms with Gasteiger partial charge in [-0.25, -0.2) is 0 Å². The Labute approximate surface area is 165 Å². The van der Waals surface area contributed by atoms with Gasteiger partial charge in [0.2, 0.25) is 0 Å². The zero-order valence-electron chi connectivity index (χ0n) is 15.1. The van der Waals surface area contributed by atoms with Gasteiger partial charge in [-0.15, -0.1) is 0 Å². The smallest absolute Gasteiger partial charge is 0.274 e. The van der Waals surface area contributed by atoms with E-state index in [9.17, 15) is 4.79 Å². The number of halogens is 1. The minimum absolute atomic E-state index is 0.0504. The largest absolute Gasteiger partial charge is 0.357 e. The molecule has 0 fully saturated rings. The highest BCUT2D eigenvalue weighted by atomic mass is 35.5. The summed E-state index contributed by atoms with van der Waals surface area (Å²) in [6, 6.07) is 11.7. The zero-order chi connectivity index (χ0) is 19.3.